The molecular weight excluding hydrogens is 168 g/mol. The van der Waals surface area contributed by atoms with Crippen LogP contribution < -0.4 is 11.3 Å². The molecule has 13 heavy (non-hydrogen) atoms. The number of carbonyl (C=O) groups excluding carboxylic acids is 1. The Morgan fingerprint density at radius 2 is 2.46 bits per heavy atom. The van der Waals surface area contributed by atoms with Crippen molar-refractivity contribution in [1.82, 2.24) is 15.3 Å². The van der Waals surface area contributed by atoms with Gasteiger partial charge in [-0.15, -0.1) is 0 Å². The molecule has 0 saturated carbocycles. The number of amides is 2. The van der Waals surface area contributed by atoms with Gasteiger partial charge in [0, 0.05) is 13.2 Å². The molecule has 3 N–H and O–H groups in total. The fourth-order valence-electron chi connectivity index (χ4n) is 0.917. The molecular formula is C8H12N4O. The molecule has 0 aromatic carbocycles. The molecule has 70 valence electrons. The lowest BCUT2D eigenvalue weighted by Gasteiger charge is -2.15. The maximum absolute atomic E-state index is 11.0. The summed E-state index contributed by atoms with van der Waals surface area (Å²) in [5.74, 6) is 4.96. The molecule has 1 aromatic heterocycles. The standard InChI is InChI=1S/C8H12N4O/c1-12(8(13)11-9)6-7-4-2-3-5-10-7/h2-5H,6,9H2,1H3,(H,11,13). The van der Waals surface area contributed by atoms with E-state index in [-0.39, 0.29) is 6.03 Å². The van der Waals surface area contributed by atoms with Gasteiger partial charge in [-0.25, -0.2) is 10.6 Å². The van der Waals surface area contributed by atoms with E-state index in [1.54, 1.807) is 13.2 Å². The first kappa shape index (κ1) is 9.47. The second-order valence-corrected chi connectivity index (χ2v) is 2.63. The van der Waals surface area contributed by atoms with Gasteiger partial charge in [-0.3, -0.25) is 10.4 Å². The number of hydrazine groups is 1. The molecule has 5 heteroatoms. The molecule has 0 unspecified atom stereocenters. The Morgan fingerprint density at radius 1 is 1.69 bits per heavy atom. The quantitative estimate of drug-likeness (QED) is 0.385. The summed E-state index contributed by atoms with van der Waals surface area (Å²) in [6, 6.07) is 5.22. The van der Waals surface area contributed by atoms with Crippen molar-refractivity contribution in [3.63, 3.8) is 0 Å². The topological polar surface area (TPSA) is 71.2 Å². The molecule has 0 saturated heterocycles. The molecule has 1 aromatic rings. The second-order valence-electron chi connectivity index (χ2n) is 2.63. The van der Waals surface area contributed by atoms with Crippen LogP contribution in [0.4, 0.5) is 4.79 Å². The predicted molar refractivity (Wildman–Crippen MR) is 48.4 cm³/mol. The van der Waals surface area contributed by atoms with Crippen LogP contribution >= 0.6 is 0 Å². The largest absolute Gasteiger partial charge is 0.331 e. The number of rotatable bonds is 2. The van der Waals surface area contributed by atoms with Crippen LogP contribution in [0.1, 0.15) is 5.69 Å². The summed E-state index contributed by atoms with van der Waals surface area (Å²) in [4.78, 5) is 16.5. The summed E-state index contributed by atoms with van der Waals surface area (Å²) < 4.78 is 0. The maximum Gasteiger partial charge on any atom is 0.331 e. The van der Waals surface area contributed by atoms with E-state index < -0.39 is 0 Å². The number of hydrogen-bond acceptors (Lipinski definition) is 3. The SMILES string of the molecule is CN(Cc1ccccn1)C(=O)NN. The van der Waals surface area contributed by atoms with E-state index in [0.29, 0.717) is 6.54 Å². The van der Waals surface area contributed by atoms with Gasteiger partial charge in [-0.1, -0.05) is 6.07 Å². The lowest BCUT2D eigenvalue weighted by molar-refractivity contribution is 0.206. The van der Waals surface area contributed by atoms with Crippen molar-refractivity contribution in [3.05, 3.63) is 30.1 Å². The zero-order chi connectivity index (χ0) is 9.68. The Labute approximate surface area is 76.5 Å². The third-order valence-corrected chi connectivity index (χ3v) is 1.60. The van der Waals surface area contributed by atoms with Gasteiger partial charge in [-0.05, 0) is 12.1 Å². The van der Waals surface area contributed by atoms with Crippen LogP contribution in [0.5, 0.6) is 0 Å². The van der Waals surface area contributed by atoms with Crippen molar-refractivity contribution in [3.8, 4) is 0 Å². The Morgan fingerprint density at radius 3 is 3.00 bits per heavy atom. The fraction of sp³-hybridized carbons (Fsp3) is 0.250. The number of aromatic nitrogens is 1. The average Bonchev–Trinajstić information content (AvgIpc) is 2.18. The first-order chi connectivity index (χ1) is 6.24. The molecule has 1 rings (SSSR count). The molecule has 0 aliphatic rings. The van der Waals surface area contributed by atoms with Crippen molar-refractivity contribution in [2.75, 3.05) is 7.05 Å². The molecule has 0 spiro atoms. The molecule has 0 bridgehead atoms. The molecule has 0 fully saturated rings. The molecule has 1 heterocycles. The van der Waals surface area contributed by atoms with E-state index in [0.717, 1.165) is 5.69 Å². The third-order valence-electron chi connectivity index (χ3n) is 1.60. The Hall–Kier alpha value is -1.62. The van der Waals surface area contributed by atoms with Gasteiger partial charge in [0.15, 0.2) is 0 Å². The zero-order valence-corrected chi connectivity index (χ0v) is 7.40. The van der Waals surface area contributed by atoms with Gasteiger partial charge in [-0.2, -0.15) is 0 Å². The fourth-order valence-corrected chi connectivity index (χ4v) is 0.917. The van der Waals surface area contributed by atoms with Crippen LogP contribution in [0.3, 0.4) is 0 Å². The summed E-state index contributed by atoms with van der Waals surface area (Å²) in [6.45, 7) is 0.448. The lowest BCUT2D eigenvalue weighted by Crippen LogP contribution is -2.40. The van der Waals surface area contributed by atoms with Gasteiger partial charge in [0.05, 0.1) is 12.2 Å². The first-order valence-corrected chi connectivity index (χ1v) is 3.85. The van der Waals surface area contributed by atoms with Gasteiger partial charge in [0.2, 0.25) is 0 Å². The van der Waals surface area contributed by atoms with Crippen molar-refractivity contribution >= 4 is 6.03 Å². The van der Waals surface area contributed by atoms with E-state index in [2.05, 4.69) is 4.98 Å². The lowest BCUT2D eigenvalue weighted by atomic mass is 10.3. The van der Waals surface area contributed by atoms with Gasteiger partial charge < -0.3 is 4.90 Å². The summed E-state index contributed by atoms with van der Waals surface area (Å²) >= 11 is 0. The van der Waals surface area contributed by atoms with Crippen molar-refractivity contribution in [2.45, 2.75) is 6.54 Å². The number of nitrogens with one attached hydrogen (secondary N) is 1. The Kier molecular flexibility index (Phi) is 3.22. The molecule has 0 atom stereocenters. The molecule has 0 aliphatic heterocycles. The summed E-state index contributed by atoms with van der Waals surface area (Å²) in [6.07, 6.45) is 1.68. The summed E-state index contributed by atoms with van der Waals surface area (Å²) in [5, 5.41) is 0. The minimum Gasteiger partial charge on any atom is -0.321 e. The van der Waals surface area contributed by atoms with E-state index in [1.807, 2.05) is 23.6 Å². The average molecular weight is 180 g/mol. The molecule has 2 amide bonds. The number of carbonyl (C=O) groups is 1. The molecule has 5 nitrogen and oxygen atoms in total. The molecule has 0 aliphatic carbocycles. The Bertz CT molecular complexity index is 275. The number of pyridine rings is 1. The van der Waals surface area contributed by atoms with Gasteiger partial charge >= 0.3 is 6.03 Å². The number of nitrogens with two attached hydrogens (primary N) is 1. The summed E-state index contributed by atoms with van der Waals surface area (Å²) in [7, 11) is 1.65. The van der Waals surface area contributed by atoms with Crippen molar-refractivity contribution < 1.29 is 4.79 Å². The van der Waals surface area contributed by atoms with E-state index in [9.17, 15) is 4.79 Å². The van der Waals surface area contributed by atoms with Crippen LogP contribution in [0, 0.1) is 0 Å². The molecule has 0 radical (unpaired) electrons. The highest BCUT2D eigenvalue weighted by Crippen LogP contribution is 1.97. The van der Waals surface area contributed by atoms with E-state index in [1.165, 1.54) is 4.90 Å². The van der Waals surface area contributed by atoms with Crippen molar-refractivity contribution in [2.24, 2.45) is 5.84 Å². The van der Waals surface area contributed by atoms with Crippen molar-refractivity contribution in [1.29, 1.82) is 0 Å². The third kappa shape index (κ3) is 2.72. The number of urea groups is 1. The number of hydrogen-bond donors (Lipinski definition) is 2. The van der Waals surface area contributed by atoms with Gasteiger partial charge in [0.25, 0.3) is 0 Å². The van der Waals surface area contributed by atoms with E-state index >= 15 is 0 Å². The first-order valence-electron chi connectivity index (χ1n) is 3.85. The summed E-state index contributed by atoms with van der Waals surface area (Å²) in [5.41, 5.74) is 2.87. The smallest absolute Gasteiger partial charge is 0.321 e. The van der Waals surface area contributed by atoms with Crippen LogP contribution in [-0.2, 0) is 6.54 Å². The van der Waals surface area contributed by atoms with E-state index in [4.69, 9.17) is 5.84 Å². The minimum absolute atomic E-state index is 0.328. The maximum atomic E-state index is 11.0. The van der Waals surface area contributed by atoms with Gasteiger partial charge in [0.1, 0.15) is 0 Å². The highest BCUT2D eigenvalue weighted by Gasteiger charge is 2.06. The highest BCUT2D eigenvalue weighted by molar-refractivity contribution is 5.72. The minimum atomic E-state index is -0.328. The highest BCUT2D eigenvalue weighted by atomic mass is 16.2. The normalized spacial score (nSPS) is 9.38. The predicted octanol–water partition coefficient (Wildman–Crippen LogP) is 0.0967. The van der Waals surface area contributed by atoms with Crippen LogP contribution in [0.2, 0.25) is 0 Å². The zero-order valence-electron chi connectivity index (χ0n) is 7.40. The van der Waals surface area contributed by atoms with Crippen LogP contribution in [0.25, 0.3) is 0 Å². The Balaban J connectivity index is 2.55. The number of nitrogens with zero attached hydrogens (tertiary/aromatic N) is 2. The second kappa shape index (κ2) is 4.42. The monoisotopic (exact) mass is 180 g/mol. The van der Waals surface area contributed by atoms with Crippen LogP contribution in [0.15, 0.2) is 24.4 Å². The van der Waals surface area contributed by atoms with Crippen LogP contribution in [-0.4, -0.2) is 23.0 Å².